The van der Waals surface area contributed by atoms with Crippen LogP contribution in [0.15, 0.2) is 82.6 Å². The highest BCUT2D eigenvalue weighted by molar-refractivity contribution is 7.98. The molecule has 1 heterocycles. The molecule has 3 aromatic rings. The predicted octanol–water partition coefficient (Wildman–Crippen LogP) is 5.92. The lowest BCUT2D eigenvalue weighted by molar-refractivity contribution is 0.662. The van der Waals surface area contributed by atoms with Gasteiger partial charge >= 0.3 is 0 Å². The van der Waals surface area contributed by atoms with Crippen LogP contribution in [0.5, 0.6) is 0 Å². The second kappa shape index (κ2) is 8.22. The zero-order chi connectivity index (χ0) is 18.6. The minimum Gasteiger partial charge on any atom is -0.242 e. The van der Waals surface area contributed by atoms with Gasteiger partial charge in [0.2, 0.25) is 0 Å². The summed E-state index contributed by atoms with van der Waals surface area (Å²) in [4.78, 5) is 2.38. The van der Waals surface area contributed by atoms with E-state index in [9.17, 15) is 5.26 Å². The Bertz CT molecular complexity index is 929. The number of nitrogens with zero attached hydrogens (tertiary/aromatic N) is 1. The van der Waals surface area contributed by atoms with Gasteiger partial charge in [0, 0.05) is 21.5 Å². The summed E-state index contributed by atoms with van der Waals surface area (Å²) < 4.78 is 3.43. The van der Waals surface area contributed by atoms with Gasteiger partial charge in [0.15, 0.2) is 0 Å². The summed E-state index contributed by atoms with van der Waals surface area (Å²) in [5, 5.41) is 10.0. The van der Waals surface area contributed by atoms with Gasteiger partial charge in [0.1, 0.15) is 6.04 Å². The third-order valence-corrected chi connectivity index (χ3v) is 6.84. The van der Waals surface area contributed by atoms with E-state index in [1.165, 1.54) is 39.1 Å². The highest BCUT2D eigenvalue weighted by Gasteiger charge is 2.30. The van der Waals surface area contributed by atoms with E-state index < -0.39 is 0 Å². The lowest BCUT2D eigenvalue weighted by Crippen LogP contribution is -2.30. The molecule has 0 aromatic heterocycles. The van der Waals surface area contributed by atoms with Crippen LogP contribution >= 0.6 is 23.7 Å². The van der Waals surface area contributed by atoms with Crippen LogP contribution < -0.4 is 4.72 Å². The van der Waals surface area contributed by atoms with Gasteiger partial charge in [0.05, 0.1) is 6.07 Å². The number of benzene rings is 3. The third kappa shape index (κ3) is 3.91. The molecule has 1 aliphatic rings. The first-order chi connectivity index (χ1) is 13.3. The molecule has 2 atom stereocenters. The van der Waals surface area contributed by atoms with E-state index in [1.807, 2.05) is 11.8 Å². The Morgan fingerprint density at radius 1 is 1.00 bits per heavy atom. The van der Waals surface area contributed by atoms with Gasteiger partial charge in [0.25, 0.3) is 0 Å². The highest BCUT2D eigenvalue weighted by Crippen LogP contribution is 2.42. The molecule has 0 radical (unpaired) electrons. The van der Waals surface area contributed by atoms with Gasteiger partial charge in [-0.3, -0.25) is 0 Å². The Kier molecular flexibility index (Phi) is 5.54. The SMILES string of the molecule is Cc1ccc(SN[C@H](C#N)C2c3ccccc3CSc3ccccc32)cc1. The average molecular weight is 389 g/mol. The molecular weight excluding hydrogens is 368 g/mol. The molecule has 3 aromatic carbocycles. The van der Waals surface area contributed by atoms with E-state index in [0.717, 1.165) is 10.6 Å². The molecule has 4 heteroatoms. The fraction of sp³-hybridized carbons (Fsp3) is 0.174. The monoisotopic (exact) mass is 388 g/mol. The van der Waals surface area contributed by atoms with Crippen molar-refractivity contribution in [3.8, 4) is 6.07 Å². The lowest BCUT2D eigenvalue weighted by Gasteiger charge is -2.25. The van der Waals surface area contributed by atoms with E-state index in [2.05, 4.69) is 90.5 Å². The van der Waals surface area contributed by atoms with E-state index >= 15 is 0 Å². The fourth-order valence-corrected chi connectivity index (χ4v) is 5.26. The second-order valence-corrected chi connectivity index (χ2v) is 8.57. The van der Waals surface area contributed by atoms with E-state index in [4.69, 9.17) is 0 Å². The molecule has 134 valence electrons. The van der Waals surface area contributed by atoms with Crippen molar-refractivity contribution in [1.82, 2.24) is 4.72 Å². The van der Waals surface area contributed by atoms with E-state index in [-0.39, 0.29) is 12.0 Å². The topological polar surface area (TPSA) is 35.8 Å². The smallest absolute Gasteiger partial charge is 0.115 e. The first kappa shape index (κ1) is 18.2. The largest absolute Gasteiger partial charge is 0.242 e. The van der Waals surface area contributed by atoms with Crippen molar-refractivity contribution in [2.24, 2.45) is 0 Å². The summed E-state index contributed by atoms with van der Waals surface area (Å²) in [5.41, 5.74) is 5.03. The van der Waals surface area contributed by atoms with Crippen LogP contribution in [0, 0.1) is 18.3 Å². The summed E-state index contributed by atoms with van der Waals surface area (Å²) in [7, 11) is 0. The molecule has 1 N–H and O–H groups in total. The van der Waals surface area contributed by atoms with Crippen LogP contribution in [-0.4, -0.2) is 6.04 Å². The van der Waals surface area contributed by atoms with Gasteiger partial charge in [-0.1, -0.05) is 60.2 Å². The maximum absolute atomic E-state index is 10.0. The maximum Gasteiger partial charge on any atom is 0.115 e. The van der Waals surface area contributed by atoms with Gasteiger partial charge in [-0.15, -0.1) is 11.8 Å². The van der Waals surface area contributed by atoms with Crippen molar-refractivity contribution in [2.45, 2.75) is 34.4 Å². The quantitative estimate of drug-likeness (QED) is 0.563. The molecule has 0 fully saturated rings. The molecular formula is C23H20N2S2. The number of hydrogen-bond acceptors (Lipinski definition) is 4. The Hall–Kier alpha value is -2.19. The van der Waals surface area contributed by atoms with Gasteiger partial charge < -0.3 is 0 Å². The Balaban J connectivity index is 1.69. The lowest BCUT2D eigenvalue weighted by atomic mass is 9.84. The molecule has 27 heavy (non-hydrogen) atoms. The first-order valence-electron chi connectivity index (χ1n) is 8.94. The number of nitriles is 1. The molecule has 0 aliphatic carbocycles. The third-order valence-electron chi connectivity index (χ3n) is 4.82. The molecule has 0 saturated carbocycles. The molecule has 0 saturated heterocycles. The predicted molar refractivity (Wildman–Crippen MR) is 114 cm³/mol. The second-order valence-electron chi connectivity index (χ2n) is 6.64. The van der Waals surface area contributed by atoms with Crippen molar-refractivity contribution in [3.05, 3.63) is 95.1 Å². The van der Waals surface area contributed by atoms with Crippen LogP contribution in [-0.2, 0) is 5.75 Å². The number of aryl methyl sites for hydroxylation is 1. The first-order valence-corrected chi connectivity index (χ1v) is 10.7. The van der Waals surface area contributed by atoms with E-state index in [0.29, 0.717) is 0 Å². The van der Waals surface area contributed by atoms with Crippen LogP contribution in [0.2, 0.25) is 0 Å². The highest BCUT2D eigenvalue weighted by atomic mass is 32.2. The molecule has 0 spiro atoms. The van der Waals surface area contributed by atoms with Gasteiger partial charge in [-0.25, -0.2) is 4.72 Å². The number of hydrogen-bond donors (Lipinski definition) is 1. The number of rotatable bonds is 4. The van der Waals surface area contributed by atoms with Gasteiger partial charge in [-0.05, 0) is 53.8 Å². The minimum absolute atomic E-state index is 0.00958. The zero-order valence-electron chi connectivity index (χ0n) is 15.1. The normalized spacial score (nSPS) is 16.5. The maximum atomic E-state index is 10.0. The van der Waals surface area contributed by atoms with Crippen molar-refractivity contribution >= 4 is 23.7 Å². The Labute approximate surface area is 169 Å². The molecule has 0 amide bonds. The van der Waals surface area contributed by atoms with Crippen molar-refractivity contribution in [3.63, 3.8) is 0 Å². The van der Waals surface area contributed by atoms with Crippen LogP contribution in [0.4, 0.5) is 0 Å². The fourth-order valence-electron chi connectivity index (χ4n) is 3.43. The zero-order valence-corrected chi connectivity index (χ0v) is 16.7. The average Bonchev–Trinajstić information content (AvgIpc) is 2.87. The molecule has 1 aliphatic heterocycles. The summed E-state index contributed by atoms with van der Waals surface area (Å²) in [5.74, 6) is 0.947. The van der Waals surface area contributed by atoms with Crippen molar-refractivity contribution < 1.29 is 0 Å². The number of fused-ring (bicyclic) bond motifs is 2. The summed E-state index contributed by atoms with van der Waals surface area (Å²) in [6.45, 7) is 2.08. The van der Waals surface area contributed by atoms with Crippen LogP contribution in [0.1, 0.15) is 28.2 Å². The van der Waals surface area contributed by atoms with Crippen molar-refractivity contribution in [2.75, 3.05) is 0 Å². The number of nitrogens with one attached hydrogen (secondary N) is 1. The van der Waals surface area contributed by atoms with Crippen molar-refractivity contribution in [1.29, 1.82) is 5.26 Å². The standard InChI is InChI=1S/C23H20N2S2/c1-16-10-12-18(13-11-16)27-25-21(14-24)23-19-7-3-2-6-17(19)15-26-22-9-5-4-8-20(22)23/h2-13,21,23,25H,15H2,1H3/t21-,23?/m1/s1. The van der Waals surface area contributed by atoms with Crippen LogP contribution in [0.3, 0.4) is 0 Å². The summed E-state index contributed by atoms with van der Waals surface area (Å²) in [6, 6.07) is 27.6. The molecule has 2 nitrogen and oxygen atoms in total. The Morgan fingerprint density at radius 3 is 2.48 bits per heavy atom. The summed E-state index contributed by atoms with van der Waals surface area (Å²) >= 11 is 3.39. The molecule has 0 bridgehead atoms. The number of thioether (sulfide) groups is 1. The summed E-state index contributed by atoms with van der Waals surface area (Å²) in [6.07, 6.45) is 0. The van der Waals surface area contributed by atoms with E-state index in [1.54, 1.807) is 0 Å². The molecule has 4 rings (SSSR count). The Morgan fingerprint density at radius 2 is 1.70 bits per heavy atom. The minimum atomic E-state index is -0.322. The van der Waals surface area contributed by atoms with Crippen LogP contribution in [0.25, 0.3) is 0 Å². The van der Waals surface area contributed by atoms with Gasteiger partial charge in [-0.2, -0.15) is 5.26 Å². The molecule has 1 unspecified atom stereocenters.